The van der Waals surface area contributed by atoms with E-state index in [2.05, 4.69) is 88.3 Å². The van der Waals surface area contributed by atoms with Crippen molar-refractivity contribution >= 4 is 31.9 Å². The van der Waals surface area contributed by atoms with Gasteiger partial charge < -0.3 is 5.32 Å². The zero-order valence-electron chi connectivity index (χ0n) is 12.2. The summed E-state index contributed by atoms with van der Waals surface area (Å²) in [5.74, 6) is 0. The Hall–Kier alpha value is -0.640. The van der Waals surface area contributed by atoms with Gasteiger partial charge in [-0.15, -0.1) is 0 Å². The van der Waals surface area contributed by atoms with E-state index in [1.165, 1.54) is 27.8 Å². The molecule has 0 amide bonds. The molecule has 0 radical (unpaired) electrons. The molecule has 1 nitrogen and oxygen atoms in total. The van der Waals surface area contributed by atoms with Crippen LogP contribution in [0.3, 0.4) is 0 Å². The van der Waals surface area contributed by atoms with Crippen LogP contribution < -0.4 is 5.32 Å². The standard InChI is InChI=1S/C17H19Br2N/c1-10-5-12(3)16(6-11(10)2)17(20-4)13-7-14(18)9-15(19)8-13/h5-9,17,20H,1-4H3. The Morgan fingerprint density at radius 1 is 0.800 bits per heavy atom. The molecule has 20 heavy (non-hydrogen) atoms. The van der Waals surface area contributed by atoms with Crippen molar-refractivity contribution in [2.45, 2.75) is 26.8 Å². The summed E-state index contributed by atoms with van der Waals surface area (Å²) in [5, 5.41) is 3.43. The van der Waals surface area contributed by atoms with Gasteiger partial charge in [-0.2, -0.15) is 0 Å². The molecule has 0 aromatic heterocycles. The van der Waals surface area contributed by atoms with Crippen LogP contribution in [0.4, 0.5) is 0 Å². The van der Waals surface area contributed by atoms with Crippen LogP contribution in [0.2, 0.25) is 0 Å². The summed E-state index contributed by atoms with van der Waals surface area (Å²) in [6, 6.07) is 11.1. The zero-order valence-corrected chi connectivity index (χ0v) is 15.4. The van der Waals surface area contributed by atoms with Crippen molar-refractivity contribution in [3.8, 4) is 0 Å². The highest BCUT2D eigenvalue weighted by molar-refractivity contribution is 9.11. The minimum absolute atomic E-state index is 0.197. The molecule has 0 aliphatic rings. The second-order valence-electron chi connectivity index (χ2n) is 5.22. The first-order chi connectivity index (χ1) is 9.42. The van der Waals surface area contributed by atoms with Crippen LogP contribution in [-0.2, 0) is 0 Å². The molecular weight excluding hydrogens is 378 g/mol. The molecule has 3 heteroatoms. The number of rotatable bonds is 3. The third kappa shape index (κ3) is 3.33. The third-order valence-electron chi connectivity index (χ3n) is 3.70. The Labute approximate surface area is 138 Å². The summed E-state index contributed by atoms with van der Waals surface area (Å²) in [7, 11) is 2.01. The van der Waals surface area contributed by atoms with E-state index in [0.29, 0.717) is 0 Å². The summed E-state index contributed by atoms with van der Waals surface area (Å²) in [5.41, 5.74) is 6.58. The maximum absolute atomic E-state index is 3.57. The van der Waals surface area contributed by atoms with E-state index in [0.717, 1.165) is 8.95 Å². The number of hydrogen-bond donors (Lipinski definition) is 1. The summed E-state index contributed by atoms with van der Waals surface area (Å²) in [6.45, 7) is 6.51. The number of aryl methyl sites for hydroxylation is 3. The summed E-state index contributed by atoms with van der Waals surface area (Å²) in [6.07, 6.45) is 0. The lowest BCUT2D eigenvalue weighted by atomic mass is 9.92. The van der Waals surface area contributed by atoms with Crippen molar-refractivity contribution in [2.24, 2.45) is 0 Å². The van der Waals surface area contributed by atoms with Gasteiger partial charge in [0.2, 0.25) is 0 Å². The first kappa shape index (κ1) is 15.7. The van der Waals surface area contributed by atoms with Crippen LogP contribution in [0.5, 0.6) is 0 Å². The van der Waals surface area contributed by atoms with E-state index < -0.39 is 0 Å². The predicted octanol–water partition coefficient (Wildman–Crippen LogP) is 5.45. The maximum atomic E-state index is 3.57. The molecular formula is C17H19Br2N. The second-order valence-corrected chi connectivity index (χ2v) is 7.05. The maximum Gasteiger partial charge on any atom is 0.0577 e. The Morgan fingerprint density at radius 3 is 1.90 bits per heavy atom. The molecule has 0 fully saturated rings. The van der Waals surface area contributed by atoms with Crippen LogP contribution in [0.25, 0.3) is 0 Å². The highest BCUT2D eigenvalue weighted by Crippen LogP contribution is 2.30. The Balaban J connectivity index is 2.55. The number of hydrogen-bond acceptors (Lipinski definition) is 1. The highest BCUT2D eigenvalue weighted by atomic mass is 79.9. The lowest BCUT2D eigenvalue weighted by Crippen LogP contribution is -2.19. The minimum atomic E-state index is 0.197. The van der Waals surface area contributed by atoms with Gasteiger partial charge in [0.05, 0.1) is 6.04 Å². The largest absolute Gasteiger partial charge is 0.309 e. The fourth-order valence-electron chi connectivity index (χ4n) is 2.54. The number of nitrogens with one attached hydrogen (secondary N) is 1. The molecule has 0 saturated heterocycles. The molecule has 1 N–H and O–H groups in total. The Morgan fingerprint density at radius 2 is 1.35 bits per heavy atom. The normalized spacial score (nSPS) is 12.5. The van der Waals surface area contributed by atoms with E-state index in [1.807, 2.05) is 7.05 Å². The fraction of sp³-hybridized carbons (Fsp3) is 0.294. The molecule has 2 rings (SSSR count). The molecule has 106 valence electrons. The van der Waals surface area contributed by atoms with E-state index in [9.17, 15) is 0 Å². The average Bonchev–Trinajstić information content (AvgIpc) is 2.35. The molecule has 0 aliphatic carbocycles. The fourth-order valence-corrected chi connectivity index (χ4v) is 3.87. The van der Waals surface area contributed by atoms with Gasteiger partial charge in [0.15, 0.2) is 0 Å². The average molecular weight is 397 g/mol. The van der Waals surface area contributed by atoms with Crippen molar-refractivity contribution in [3.05, 3.63) is 67.1 Å². The van der Waals surface area contributed by atoms with Gasteiger partial charge in [0.25, 0.3) is 0 Å². The van der Waals surface area contributed by atoms with Crippen molar-refractivity contribution < 1.29 is 0 Å². The van der Waals surface area contributed by atoms with Gasteiger partial charge in [-0.1, -0.05) is 44.0 Å². The summed E-state index contributed by atoms with van der Waals surface area (Å²) in [4.78, 5) is 0. The van der Waals surface area contributed by atoms with Gasteiger partial charge in [-0.05, 0) is 73.8 Å². The molecule has 2 aromatic carbocycles. The topological polar surface area (TPSA) is 12.0 Å². The molecule has 1 atom stereocenters. The van der Waals surface area contributed by atoms with Crippen LogP contribution >= 0.6 is 31.9 Å². The zero-order chi connectivity index (χ0) is 14.9. The molecule has 0 heterocycles. The second kappa shape index (κ2) is 6.42. The summed E-state index contributed by atoms with van der Waals surface area (Å²) < 4.78 is 2.17. The van der Waals surface area contributed by atoms with Gasteiger partial charge in [-0.3, -0.25) is 0 Å². The molecule has 1 unspecified atom stereocenters. The van der Waals surface area contributed by atoms with E-state index in [-0.39, 0.29) is 6.04 Å². The monoisotopic (exact) mass is 395 g/mol. The first-order valence-corrected chi connectivity index (χ1v) is 8.22. The smallest absolute Gasteiger partial charge is 0.0577 e. The lowest BCUT2D eigenvalue weighted by Gasteiger charge is -2.21. The van der Waals surface area contributed by atoms with Gasteiger partial charge in [0, 0.05) is 8.95 Å². The molecule has 2 aromatic rings. The minimum Gasteiger partial charge on any atom is -0.309 e. The molecule has 0 spiro atoms. The van der Waals surface area contributed by atoms with Crippen LogP contribution in [-0.4, -0.2) is 7.05 Å². The van der Waals surface area contributed by atoms with Gasteiger partial charge >= 0.3 is 0 Å². The number of benzene rings is 2. The van der Waals surface area contributed by atoms with Crippen molar-refractivity contribution in [2.75, 3.05) is 7.05 Å². The number of halogens is 2. The van der Waals surface area contributed by atoms with E-state index >= 15 is 0 Å². The van der Waals surface area contributed by atoms with E-state index in [1.54, 1.807) is 0 Å². The molecule has 0 saturated carbocycles. The van der Waals surface area contributed by atoms with Crippen LogP contribution in [0, 0.1) is 20.8 Å². The Bertz CT molecular complexity index is 615. The van der Waals surface area contributed by atoms with Crippen LogP contribution in [0.15, 0.2) is 39.3 Å². The third-order valence-corrected chi connectivity index (χ3v) is 4.62. The first-order valence-electron chi connectivity index (χ1n) is 6.63. The van der Waals surface area contributed by atoms with Gasteiger partial charge in [-0.25, -0.2) is 0 Å². The van der Waals surface area contributed by atoms with Crippen molar-refractivity contribution in [1.82, 2.24) is 5.32 Å². The van der Waals surface area contributed by atoms with E-state index in [4.69, 9.17) is 0 Å². The molecule has 0 bridgehead atoms. The van der Waals surface area contributed by atoms with Gasteiger partial charge in [0.1, 0.15) is 0 Å². The van der Waals surface area contributed by atoms with Crippen molar-refractivity contribution in [3.63, 3.8) is 0 Å². The lowest BCUT2D eigenvalue weighted by molar-refractivity contribution is 0.686. The molecule has 0 aliphatic heterocycles. The summed E-state index contributed by atoms with van der Waals surface area (Å²) >= 11 is 7.14. The van der Waals surface area contributed by atoms with Crippen molar-refractivity contribution in [1.29, 1.82) is 0 Å². The Kier molecular flexibility index (Phi) is 5.05. The SMILES string of the molecule is CNC(c1cc(Br)cc(Br)c1)c1cc(C)c(C)cc1C. The quantitative estimate of drug-likeness (QED) is 0.727. The predicted molar refractivity (Wildman–Crippen MR) is 93.4 cm³/mol. The van der Waals surface area contributed by atoms with Crippen LogP contribution in [0.1, 0.15) is 33.9 Å². The highest BCUT2D eigenvalue weighted by Gasteiger charge is 2.16.